The number of para-hydroxylation sites is 1. The second-order valence-corrected chi connectivity index (χ2v) is 5.97. The minimum atomic E-state index is 0.682. The summed E-state index contributed by atoms with van der Waals surface area (Å²) < 4.78 is 2.84. The normalized spacial score (nSPS) is 10.8. The third-order valence-corrected chi connectivity index (χ3v) is 4.85. The number of nitrogens with zero attached hydrogens (tertiary/aromatic N) is 2. The van der Waals surface area contributed by atoms with E-state index in [9.17, 15) is 0 Å². The number of rotatable bonds is 2. The Morgan fingerprint density at radius 2 is 1.95 bits per heavy atom. The van der Waals surface area contributed by atoms with E-state index in [2.05, 4.69) is 21.0 Å². The van der Waals surface area contributed by atoms with E-state index in [1.54, 1.807) is 16.0 Å². The van der Waals surface area contributed by atoms with Gasteiger partial charge in [0, 0.05) is 10.0 Å². The highest BCUT2D eigenvalue weighted by Crippen LogP contribution is 2.36. The quantitative estimate of drug-likeness (QED) is 0.761. The first-order valence-corrected chi connectivity index (χ1v) is 7.49. The molecule has 0 amide bonds. The second-order valence-electron chi connectivity index (χ2n) is 4.20. The van der Waals surface area contributed by atoms with Gasteiger partial charge in [-0.2, -0.15) is 5.10 Å². The molecular weight excluding hydrogens is 322 g/mol. The predicted molar refractivity (Wildman–Crippen MR) is 83.7 cm³/mol. The summed E-state index contributed by atoms with van der Waals surface area (Å²) in [7, 11) is 0. The SMILES string of the molecule is Cc1c(-c2sccc2Br)nn(-c2ccccc2)c1N. The highest BCUT2D eigenvalue weighted by atomic mass is 79.9. The molecule has 2 N–H and O–H groups in total. The van der Waals surface area contributed by atoms with Crippen LogP contribution < -0.4 is 5.73 Å². The fourth-order valence-electron chi connectivity index (χ4n) is 1.95. The van der Waals surface area contributed by atoms with Crippen molar-refractivity contribution in [2.45, 2.75) is 6.92 Å². The Bertz CT molecular complexity index is 716. The molecule has 5 heteroatoms. The first-order valence-electron chi connectivity index (χ1n) is 5.82. The number of hydrogen-bond donors (Lipinski definition) is 1. The van der Waals surface area contributed by atoms with E-state index in [1.807, 2.05) is 48.7 Å². The minimum absolute atomic E-state index is 0.682. The molecule has 3 rings (SSSR count). The van der Waals surface area contributed by atoms with Crippen molar-refractivity contribution in [2.24, 2.45) is 0 Å². The van der Waals surface area contributed by atoms with E-state index >= 15 is 0 Å². The van der Waals surface area contributed by atoms with E-state index in [0.29, 0.717) is 5.82 Å². The van der Waals surface area contributed by atoms with E-state index in [-0.39, 0.29) is 0 Å². The summed E-state index contributed by atoms with van der Waals surface area (Å²) in [6, 6.07) is 12.0. The van der Waals surface area contributed by atoms with Gasteiger partial charge in [0.15, 0.2) is 0 Å². The molecule has 0 radical (unpaired) electrons. The third kappa shape index (κ3) is 2.09. The fourth-order valence-corrected chi connectivity index (χ4v) is 3.56. The topological polar surface area (TPSA) is 43.8 Å². The van der Waals surface area contributed by atoms with Gasteiger partial charge in [-0.05, 0) is 46.4 Å². The molecule has 0 spiro atoms. The molecular formula is C14H12BrN3S. The predicted octanol–water partition coefficient (Wildman–Crippen LogP) is 4.25. The molecule has 0 aliphatic carbocycles. The molecule has 0 bridgehead atoms. The maximum absolute atomic E-state index is 6.18. The van der Waals surface area contributed by atoms with Gasteiger partial charge in [0.05, 0.1) is 10.6 Å². The molecule has 3 nitrogen and oxygen atoms in total. The number of hydrogen-bond acceptors (Lipinski definition) is 3. The summed E-state index contributed by atoms with van der Waals surface area (Å²) in [5.74, 6) is 0.682. The average molecular weight is 334 g/mol. The fraction of sp³-hybridized carbons (Fsp3) is 0.0714. The molecule has 0 aliphatic heterocycles. The van der Waals surface area contributed by atoms with Gasteiger partial charge in [0.1, 0.15) is 11.5 Å². The van der Waals surface area contributed by atoms with E-state index in [1.165, 1.54) is 0 Å². The molecule has 2 heterocycles. The Balaban J connectivity index is 2.18. The van der Waals surface area contributed by atoms with Crippen LogP contribution in [-0.4, -0.2) is 9.78 Å². The van der Waals surface area contributed by atoms with Crippen molar-refractivity contribution in [3.05, 3.63) is 51.8 Å². The van der Waals surface area contributed by atoms with Gasteiger partial charge in [-0.15, -0.1) is 11.3 Å². The molecule has 0 unspecified atom stereocenters. The van der Waals surface area contributed by atoms with Gasteiger partial charge in [-0.25, -0.2) is 4.68 Å². The maximum Gasteiger partial charge on any atom is 0.130 e. The summed E-state index contributed by atoms with van der Waals surface area (Å²) in [4.78, 5) is 1.11. The lowest BCUT2D eigenvalue weighted by atomic mass is 10.2. The van der Waals surface area contributed by atoms with Gasteiger partial charge < -0.3 is 5.73 Å². The van der Waals surface area contributed by atoms with Crippen LogP contribution in [0.5, 0.6) is 0 Å². The van der Waals surface area contributed by atoms with Gasteiger partial charge in [-0.3, -0.25) is 0 Å². The van der Waals surface area contributed by atoms with E-state index < -0.39 is 0 Å². The highest BCUT2D eigenvalue weighted by Gasteiger charge is 2.17. The van der Waals surface area contributed by atoms with Crippen molar-refractivity contribution in [1.29, 1.82) is 0 Å². The van der Waals surface area contributed by atoms with Crippen LogP contribution in [0.25, 0.3) is 16.3 Å². The summed E-state index contributed by atoms with van der Waals surface area (Å²) in [5.41, 5.74) is 9.10. The molecule has 0 saturated heterocycles. The Kier molecular flexibility index (Phi) is 3.16. The van der Waals surface area contributed by atoms with E-state index in [0.717, 1.165) is 26.3 Å². The third-order valence-electron chi connectivity index (χ3n) is 3.00. The van der Waals surface area contributed by atoms with Crippen molar-refractivity contribution < 1.29 is 0 Å². The zero-order valence-electron chi connectivity index (χ0n) is 10.3. The molecule has 0 atom stereocenters. The molecule has 0 aliphatic rings. The first kappa shape index (κ1) is 12.4. The lowest BCUT2D eigenvalue weighted by Gasteiger charge is -2.02. The number of nitrogen functional groups attached to an aromatic ring is 1. The molecule has 1 aromatic carbocycles. The number of aromatic nitrogens is 2. The summed E-state index contributed by atoms with van der Waals surface area (Å²) in [6.45, 7) is 2.00. The molecule has 0 saturated carbocycles. The van der Waals surface area contributed by atoms with Crippen molar-refractivity contribution in [2.75, 3.05) is 5.73 Å². The molecule has 3 aromatic rings. The van der Waals surface area contributed by atoms with Gasteiger partial charge >= 0.3 is 0 Å². The lowest BCUT2D eigenvalue weighted by molar-refractivity contribution is 0.896. The zero-order chi connectivity index (χ0) is 13.4. The number of thiophene rings is 1. The van der Waals surface area contributed by atoms with Crippen molar-refractivity contribution in [3.8, 4) is 16.3 Å². The number of nitrogens with two attached hydrogens (primary N) is 1. The Labute approximate surface area is 123 Å². The average Bonchev–Trinajstić information content (AvgIpc) is 2.97. The van der Waals surface area contributed by atoms with Crippen molar-refractivity contribution >= 4 is 33.1 Å². The summed E-state index contributed by atoms with van der Waals surface area (Å²) in [5, 5.41) is 6.69. The van der Waals surface area contributed by atoms with Crippen molar-refractivity contribution in [1.82, 2.24) is 9.78 Å². The van der Waals surface area contributed by atoms with Crippen LogP contribution in [0.4, 0.5) is 5.82 Å². The van der Waals surface area contributed by atoms with Crippen LogP contribution in [0.2, 0.25) is 0 Å². The maximum atomic E-state index is 6.18. The van der Waals surface area contributed by atoms with Crippen LogP contribution in [0.3, 0.4) is 0 Å². The van der Waals surface area contributed by atoms with Crippen molar-refractivity contribution in [3.63, 3.8) is 0 Å². The second kappa shape index (κ2) is 4.83. The minimum Gasteiger partial charge on any atom is -0.383 e. The molecule has 0 fully saturated rings. The van der Waals surface area contributed by atoms with Crippen LogP contribution in [0.1, 0.15) is 5.56 Å². The molecule has 96 valence electrons. The zero-order valence-corrected chi connectivity index (χ0v) is 12.7. The van der Waals surface area contributed by atoms with Crippen LogP contribution in [0, 0.1) is 6.92 Å². The molecule has 19 heavy (non-hydrogen) atoms. The lowest BCUT2D eigenvalue weighted by Crippen LogP contribution is -2.01. The Morgan fingerprint density at radius 1 is 1.21 bits per heavy atom. The number of anilines is 1. The van der Waals surface area contributed by atoms with Crippen LogP contribution in [-0.2, 0) is 0 Å². The first-order chi connectivity index (χ1) is 9.18. The Morgan fingerprint density at radius 3 is 2.58 bits per heavy atom. The Hall–Kier alpha value is -1.59. The monoisotopic (exact) mass is 333 g/mol. The van der Waals surface area contributed by atoms with Crippen LogP contribution >= 0.6 is 27.3 Å². The summed E-state index contributed by atoms with van der Waals surface area (Å²) in [6.07, 6.45) is 0. The summed E-state index contributed by atoms with van der Waals surface area (Å²) >= 11 is 5.20. The number of halogens is 1. The van der Waals surface area contributed by atoms with Gasteiger partial charge in [-0.1, -0.05) is 18.2 Å². The molecule has 2 aromatic heterocycles. The van der Waals surface area contributed by atoms with E-state index in [4.69, 9.17) is 5.73 Å². The smallest absolute Gasteiger partial charge is 0.130 e. The number of benzene rings is 1. The van der Waals surface area contributed by atoms with Gasteiger partial charge in [0.25, 0.3) is 0 Å². The van der Waals surface area contributed by atoms with Crippen LogP contribution in [0.15, 0.2) is 46.3 Å². The standard InChI is InChI=1S/C14H12BrN3S/c1-9-12(13-11(15)7-8-19-13)17-18(14(9)16)10-5-3-2-4-6-10/h2-8H,16H2,1H3. The van der Waals surface area contributed by atoms with Gasteiger partial charge in [0.2, 0.25) is 0 Å². The highest BCUT2D eigenvalue weighted by molar-refractivity contribution is 9.10. The largest absolute Gasteiger partial charge is 0.383 e.